The van der Waals surface area contributed by atoms with E-state index in [2.05, 4.69) is 23.9 Å². The summed E-state index contributed by atoms with van der Waals surface area (Å²) < 4.78 is 4.58. The summed E-state index contributed by atoms with van der Waals surface area (Å²) in [6.07, 6.45) is 1.31. The summed E-state index contributed by atoms with van der Waals surface area (Å²) >= 11 is 0. The number of rotatable bonds is 9. The molecule has 0 aromatic carbocycles. The van der Waals surface area contributed by atoms with Gasteiger partial charge in [0.15, 0.2) is 0 Å². The van der Waals surface area contributed by atoms with Gasteiger partial charge in [0.1, 0.15) is 0 Å². The van der Waals surface area contributed by atoms with Crippen LogP contribution in [0.1, 0.15) is 33.6 Å². The van der Waals surface area contributed by atoms with E-state index in [0.29, 0.717) is 32.0 Å². The highest BCUT2D eigenvalue weighted by Crippen LogP contribution is 1.97. The quantitative estimate of drug-likeness (QED) is 0.628. The number of hydrogen-bond donors (Lipinski definition) is 1. The summed E-state index contributed by atoms with van der Waals surface area (Å²) in [6.45, 7) is 8.58. The van der Waals surface area contributed by atoms with E-state index in [1.807, 2.05) is 11.8 Å². The highest BCUT2D eigenvalue weighted by atomic mass is 16.5. The molecule has 0 aromatic heterocycles. The first-order valence-electron chi connectivity index (χ1n) is 6.55. The van der Waals surface area contributed by atoms with Crippen molar-refractivity contribution in [2.24, 2.45) is 5.92 Å². The fourth-order valence-electron chi connectivity index (χ4n) is 1.46. The number of hydrogen-bond acceptors (Lipinski definition) is 4. The van der Waals surface area contributed by atoms with Crippen LogP contribution >= 0.6 is 0 Å². The molecule has 0 atom stereocenters. The van der Waals surface area contributed by atoms with Gasteiger partial charge in [0.2, 0.25) is 5.91 Å². The van der Waals surface area contributed by atoms with Crippen molar-refractivity contribution < 1.29 is 14.3 Å². The minimum absolute atomic E-state index is 0.0161. The Kier molecular flexibility index (Phi) is 9.28. The third-order valence-corrected chi connectivity index (χ3v) is 2.72. The van der Waals surface area contributed by atoms with E-state index in [4.69, 9.17) is 0 Å². The molecule has 0 spiro atoms. The Bertz CT molecular complexity index is 255. The maximum Gasteiger partial charge on any atom is 0.306 e. The second kappa shape index (κ2) is 9.88. The van der Waals surface area contributed by atoms with Crippen molar-refractivity contribution in [3.63, 3.8) is 0 Å². The SMILES string of the molecule is CCN(CCC(=O)OC)CC(=O)NCCC(C)C. The molecule has 5 nitrogen and oxygen atoms in total. The van der Waals surface area contributed by atoms with Gasteiger partial charge in [0.25, 0.3) is 0 Å². The van der Waals surface area contributed by atoms with Crippen molar-refractivity contribution in [2.45, 2.75) is 33.6 Å². The Balaban J connectivity index is 3.82. The van der Waals surface area contributed by atoms with Crippen LogP contribution in [0, 0.1) is 5.92 Å². The Morgan fingerprint density at radius 1 is 1.33 bits per heavy atom. The largest absolute Gasteiger partial charge is 0.469 e. The lowest BCUT2D eigenvalue weighted by molar-refractivity contribution is -0.141. The minimum atomic E-state index is -0.242. The molecule has 0 fully saturated rings. The molecule has 0 saturated carbocycles. The minimum Gasteiger partial charge on any atom is -0.469 e. The van der Waals surface area contributed by atoms with Gasteiger partial charge in [0.05, 0.1) is 20.1 Å². The molecule has 0 aromatic rings. The molecule has 1 N–H and O–H groups in total. The molecule has 5 heteroatoms. The molecule has 0 aliphatic heterocycles. The van der Waals surface area contributed by atoms with Crippen LogP contribution in [0.5, 0.6) is 0 Å². The number of nitrogens with zero attached hydrogens (tertiary/aromatic N) is 1. The van der Waals surface area contributed by atoms with E-state index in [1.54, 1.807) is 0 Å². The predicted molar refractivity (Wildman–Crippen MR) is 71.2 cm³/mol. The Morgan fingerprint density at radius 2 is 2.00 bits per heavy atom. The third kappa shape index (κ3) is 8.98. The molecule has 0 bridgehead atoms. The zero-order valence-electron chi connectivity index (χ0n) is 12.0. The Labute approximate surface area is 110 Å². The average molecular weight is 258 g/mol. The predicted octanol–water partition coefficient (Wildman–Crippen LogP) is 1.03. The number of carbonyl (C=O) groups excluding carboxylic acids is 2. The van der Waals surface area contributed by atoms with Gasteiger partial charge >= 0.3 is 5.97 Å². The number of ether oxygens (including phenoxy) is 1. The molecule has 0 unspecified atom stereocenters. The first kappa shape index (κ1) is 16.9. The normalized spacial score (nSPS) is 10.8. The highest BCUT2D eigenvalue weighted by molar-refractivity contribution is 5.78. The van der Waals surface area contributed by atoms with Crippen LogP contribution < -0.4 is 5.32 Å². The lowest BCUT2D eigenvalue weighted by atomic mass is 10.1. The lowest BCUT2D eigenvalue weighted by Crippen LogP contribution is -2.38. The van der Waals surface area contributed by atoms with E-state index in [0.717, 1.165) is 13.0 Å². The number of likely N-dealkylation sites (N-methyl/N-ethyl adjacent to an activating group) is 1. The second-order valence-corrected chi connectivity index (χ2v) is 4.73. The zero-order chi connectivity index (χ0) is 14.0. The summed E-state index contributed by atoms with van der Waals surface area (Å²) in [6, 6.07) is 0. The van der Waals surface area contributed by atoms with Gasteiger partial charge in [0, 0.05) is 13.1 Å². The van der Waals surface area contributed by atoms with E-state index in [1.165, 1.54) is 7.11 Å². The molecule has 0 aliphatic carbocycles. The number of amides is 1. The van der Waals surface area contributed by atoms with Gasteiger partial charge < -0.3 is 10.1 Å². The van der Waals surface area contributed by atoms with Crippen molar-refractivity contribution in [3.05, 3.63) is 0 Å². The first-order valence-corrected chi connectivity index (χ1v) is 6.55. The average Bonchev–Trinajstić information content (AvgIpc) is 2.33. The van der Waals surface area contributed by atoms with E-state index in [-0.39, 0.29) is 11.9 Å². The van der Waals surface area contributed by atoms with Gasteiger partial charge in [-0.05, 0) is 18.9 Å². The molecule has 0 saturated heterocycles. The van der Waals surface area contributed by atoms with Crippen molar-refractivity contribution in [1.29, 1.82) is 0 Å². The molecule has 1 amide bonds. The van der Waals surface area contributed by atoms with Gasteiger partial charge in [-0.15, -0.1) is 0 Å². The molecule has 0 radical (unpaired) electrons. The zero-order valence-corrected chi connectivity index (χ0v) is 12.0. The number of esters is 1. The summed E-state index contributed by atoms with van der Waals surface area (Å²) in [7, 11) is 1.37. The smallest absolute Gasteiger partial charge is 0.306 e. The third-order valence-electron chi connectivity index (χ3n) is 2.72. The Hall–Kier alpha value is -1.10. The molecular formula is C13H26N2O3. The van der Waals surface area contributed by atoms with Crippen molar-refractivity contribution >= 4 is 11.9 Å². The van der Waals surface area contributed by atoms with Crippen LogP contribution in [0.2, 0.25) is 0 Å². The molecule has 0 rings (SSSR count). The van der Waals surface area contributed by atoms with Gasteiger partial charge in [-0.1, -0.05) is 20.8 Å². The van der Waals surface area contributed by atoms with Gasteiger partial charge in [-0.2, -0.15) is 0 Å². The summed E-state index contributed by atoms with van der Waals surface area (Å²) in [4.78, 5) is 24.6. The van der Waals surface area contributed by atoms with Crippen LogP contribution in [0.4, 0.5) is 0 Å². The van der Waals surface area contributed by atoms with Crippen molar-refractivity contribution in [1.82, 2.24) is 10.2 Å². The maximum atomic E-state index is 11.6. The molecule has 18 heavy (non-hydrogen) atoms. The first-order chi connectivity index (χ1) is 8.49. The van der Waals surface area contributed by atoms with E-state index in [9.17, 15) is 9.59 Å². The summed E-state index contributed by atoms with van der Waals surface area (Å²) in [5.74, 6) is 0.364. The number of carbonyl (C=O) groups is 2. The van der Waals surface area contributed by atoms with Crippen LogP contribution in [-0.2, 0) is 14.3 Å². The maximum absolute atomic E-state index is 11.6. The number of methoxy groups -OCH3 is 1. The molecule has 106 valence electrons. The monoisotopic (exact) mass is 258 g/mol. The molecule has 0 aliphatic rings. The van der Waals surface area contributed by atoms with Crippen LogP contribution in [0.15, 0.2) is 0 Å². The molecular weight excluding hydrogens is 232 g/mol. The topological polar surface area (TPSA) is 58.6 Å². The van der Waals surface area contributed by atoms with Crippen LogP contribution in [0.3, 0.4) is 0 Å². The fraction of sp³-hybridized carbons (Fsp3) is 0.846. The second-order valence-electron chi connectivity index (χ2n) is 4.73. The van der Waals surface area contributed by atoms with Crippen LogP contribution in [-0.4, -0.2) is 50.1 Å². The van der Waals surface area contributed by atoms with E-state index < -0.39 is 0 Å². The van der Waals surface area contributed by atoms with Crippen LogP contribution in [0.25, 0.3) is 0 Å². The van der Waals surface area contributed by atoms with Crippen molar-refractivity contribution in [2.75, 3.05) is 33.3 Å². The van der Waals surface area contributed by atoms with Gasteiger partial charge in [-0.25, -0.2) is 0 Å². The number of nitrogens with one attached hydrogen (secondary N) is 1. The highest BCUT2D eigenvalue weighted by Gasteiger charge is 2.10. The van der Waals surface area contributed by atoms with E-state index >= 15 is 0 Å². The summed E-state index contributed by atoms with van der Waals surface area (Å²) in [5, 5.41) is 2.88. The standard InChI is InChI=1S/C13H26N2O3/c1-5-15(9-7-13(17)18-4)10-12(16)14-8-6-11(2)3/h11H,5-10H2,1-4H3,(H,14,16). The van der Waals surface area contributed by atoms with Gasteiger partial charge in [-0.3, -0.25) is 14.5 Å². The Morgan fingerprint density at radius 3 is 2.50 bits per heavy atom. The summed E-state index contributed by atoms with van der Waals surface area (Å²) in [5.41, 5.74) is 0. The van der Waals surface area contributed by atoms with Crippen molar-refractivity contribution in [3.8, 4) is 0 Å². The fourth-order valence-corrected chi connectivity index (χ4v) is 1.46. The molecule has 0 heterocycles. The lowest BCUT2D eigenvalue weighted by Gasteiger charge is -2.19.